The Hall–Kier alpha value is -1.26. The molecule has 0 saturated carbocycles. The Morgan fingerprint density at radius 3 is 2.68 bits per heavy atom. The van der Waals surface area contributed by atoms with E-state index in [1.165, 1.54) is 9.77 Å². The van der Waals surface area contributed by atoms with Crippen molar-refractivity contribution in [3.05, 3.63) is 47.3 Å². The zero-order valence-electron chi connectivity index (χ0n) is 10.9. The van der Waals surface area contributed by atoms with Crippen molar-refractivity contribution < 1.29 is 4.79 Å². The summed E-state index contributed by atoms with van der Waals surface area (Å²) < 4.78 is 1.17. The first-order chi connectivity index (χ1) is 9.28. The number of thiophene rings is 1. The molecule has 1 aromatic heterocycles. The average molecular weight is 291 g/mol. The SMILES string of the molecule is CCCc1ccc(NC(=O)CSc2cccs2)cc1. The molecular formula is C15H17NOS2. The lowest BCUT2D eigenvalue weighted by atomic mass is 10.1. The molecule has 1 amide bonds. The number of amides is 1. The molecule has 0 saturated heterocycles. The second kappa shape index (κ2) is 7.36. The molecule has 0 aliphatic carbocycles. The molecule has 2 rings (SSSR count). The molecule has 2 aromatic rings. The summed E-state index contributed by atoms with van der Waals surface area (Å²) in [5.41, 5.74) is 2.19. The van der Waals surface area contributed by atoms with Gasteiger partial charge >= 0.3 is 0 Å². The minimum absolute atomic E-state index is 0.0432. The maximum atomic E-state index is 11.8. The van der Waals surface area contributed by atoms with Gasteiger partial charge < -0.3 is 5.32 Å². The number of nitrogens with one attached hydrogen (secondary N) is 1. The summed E-state index contributed by atoms with van der Waals surface area (Å²) in [4.78, 5) is 11.8. The second-order valence-corrected chi connectivity index (χ2v) is 6.44. The van der Waals surface area contributed by atoms with E-state index in [0.717, 1.165) is 18.5 Å². The van der Waals surface area contributed by atoms with E-state index in [9.17, 15) is 4.79 Å². The van der Waals surface area contributed by atoms with E-state index >= 15 is 0 Å². The summed E-state index contributed by atoms with van der Waals surface area (Å²) in [6.45, 7) is 2.16. The van der Waals surface area contributed by atoms with Gasteiger partial charge in [0.15, 0.2) is 0 Å². The van der Waals surface area contributed by atoms with Crippen molar-refractivity contribution in [2.45, 2.75) is 24.0 Å². The minimum atomic E-state index is 0.0432. The molecular weight excluding hydrogens is 274 g/mol. The number of carbonyl (C=O) groups excluding carboxylic acids is 1. The number of hydrogen-bond donors (Lipinski definition) is 1. The molecule has 0 fully saturated rings. The van der Waals surface area contributed by atoms with E-state index in [-0.39, 0.29) is 5.91 Å². The van der Waals surface area contributed by atoms with Crippen LogP contribution in [-0.2, 0) is 11.2 Å². The van der Waals surface area contributed by atoms with Crippen LogP contribution in [0.1, 0.15) is 18.9 Å². The van der Waals surface area contributed by atoms with Crippen molar-refractivity contribution in [2.75, 3.05) is 11.1 Å². The van der Waals surface area contributed by atoms with Gasteiger partial charge in [0.1, 0.15) is 0 Å². The Morgan fingerprint density at radius 2 is 2.05 bits per heavy atom. The predicted molar refractivity (Wildman–Crippen MR) is 84.1 cm³/mol. The molecule has 100 valence electrons. The summed E-state index contributed by atoms with van der Waals surface area (Å²) in [6.07, 6.45) is 2.23. The highest BCUT2D eigenvalue weighted by molar-refractivity contribution is 8.01. The summed E-state index contributed by atoms with van der Waals surface area (Å²) in [6, 6.07) is 12.1. The van der Waals surface area contributed by atoms with Gasteiger partial charge in [-0.05, 0) is 35.6 Å². The van der Waals surface area contributed by atoms with Crippen molar-refractivity contribution in [2.24, 2.45) is 0 Å². The van der Waals surface area contributed by atoms with Gasteiger partial charge in [0.2, 0.25) is 5.91 Å². The van der Waals surface area contributed by atoms with E-state index in [1.807, 2.05) is 29.6 Å². The van der Waals surface area contributed by atoms with Crippen LogP contribution in [0.3, 0.4) is 0 Å². The van der Waals surface area contributed by atoms with Crippen LogP contribution in [0.4, 0.5) is 5.69 Å². The van der Waals surface area contributed by atoms with E-state index in [4.69, 9.17) is 0 Å². The average Bonchev–Trinajstić information content (AvgIpc) is 2.92. The molecule has 1 aromatic carbocycles. The van der Waals surface area contributed by atoms with Gasteiger partial charge in [-0.15, -0.1) is 23.1 Å². The van der Waals surface area contributed by atoms with Crippen LogP contribution in [0, 0.1) is 0 Å². The van der Waals surface area contributed by atoms with Crippen LogP contribution in [0.25, 0.3) is 0 Å². The number of thioether (sulfide) groups is 1. The first-order valence-corrected chi connectivity index (χ1v) is 8.19. The van der Waals surface area contributed by atoms with Gasteiger partial charge in [0.05, 0.1) is 9.96 Å². The maximum absolute atomic E-state index is 11.8. The summed E-state index contributed by atoms with van der Waals surface area (Å²) in [5, 5.41) is 4.94. The van der Waals surface area contributed by atoms with Gasteiger partial charge in [-0.25, -0.2) is 0 Å². The lowest BCUT2D eigenvalue weighted by Crippen LogP contribution is -2.13. The Labute approximate surface area is 122 Å². The zero-order valence-corrected chi connectivity index (χ0v) is 12.5. The lowest BCUT2D eigenvalue weighted by Gasteiger charge is -2.05. The minimum Gasteiger partial charge on any atom is -0.325 e. The molecule has 0 radical (unpaired) electrons. The van der Waals surface area contributed by atoms with Gasteiger partial charge in [0.25, 0.3) is 0 Å². The standard InChI is InChI=1S/C15H17NOS2/c1-2-4-12-6-8-13(9-7-12)16-14(17)11-19-15-5-3-10-18-15/h3,5-10H,2,4,11H2,1H3,(H,16,17). The highest BCUT2D eigenvalue weighted by atomic mass is 32.2. The number of aryl methyl sites for hydroxylation is 1. The Bertz CT molecular complexity index is 505. The number of hydrogen-bond acceptors (Lipinski definition) is 3. The van der Waals surface area contributed by atoms with E-state index < -0.39 is 0 Å². The van der Waals surface area contributed by atoms with Crippen molar-refractivity contribution >= 4 is 34.7 Å². The zero-order chi connectivity index (χ0) is 13.5. The molecule has 0 aliphatic rings. The molecule has 0 atom stereocenters. The smallest absolute Gasteiger partial charge is 0.234 e. The highest BCUT2D eigenvalue weighted by Crippen LogP contribution is 2.23. The third-order valence-electron chi connectivity index (χ3n) is 2.62. The van der Waals surface area contributed by atoms with Gasteiger partial charge in [-0.1, -0.05) is 31.5 Å². The van der Waals surface area contributed by atoms with E-state index in [0.29, 0.717) is 5.75 Å². The highest BCUT2D eigenvalue weighted by Gasteiger charge is 2.04. The second-order valence-electron chi connectivity index (χ2n) is 4.22. The first-order valence-electron chi connectivity index (χ1n) is 6.33. The van der Waals surface area contributed by atoms with Crippen molar-refractivity contribution in [3.8, 4) is 0 Å². The summed E-state index contributed by atoms with van der Waals surface area (Å²) in [7, 11) is 0. The van der Waals surface area contributed by atoms with Crippen molar-refractivity contribution in [3.63, 3.8) is 0 Å². The molecule has 19 heavy (non-hydrogen) atoms. The third-order valence-corrected chi connectivity index (χ3v) is 4.75. The Morgan fingerprint density at radius 1 is 1.26 bits per heavy atom. The Kier molecular flexibility index (Phi) is 5.48. The van der Waals surface area contributed by atoms with Crippen LogP contribution < -0.4 is 5.32 Å². The molecule has 4 heteroatoms. The number of anilines is 1. The van der Waals surface area contributed by atoms with Gasteiger partial charge in [0, 0.05) is 5.69 Å². The topological polar surface area (TPSA) is 29.1 Å². The maximum Gasteiger partial charge on any atom is 0.234 e. The molecule has 0 aliphatic heterocycles. The van der Waals surface area contributed by atoms with E-state index in [2.05, 4.69) is 24.4 Å². The first kappa shape index (κ1) is 14.2. The molecule has 2 nitrogen and oxygen atoms in total. The van der Waals surface area contributed by atoms with Gasteiger partial charge in [-0.3, -0.25) is 4.79 Å². The predicted octanol–water partition coefficient (Wildman–Crippen LogP) is 4.43. The monoisotopic (exact) mass is 291 g/mol. The molecule has 1 N–H and O–H groups in total. The van der Waals surface area contributed by atoms with Crippen LogP contribution >= 0.6 is 23.1 Å². The van der Waals surface area contributed by atoms with Crippen LogP contribution in [-0.4, -0.2) is 11.7 Å². The number of rotatable bonds is 6. The van der Waals surface area contributed by atoms with Crippen LogP contribution in [0.15, 0.2) is 46.0 Å². The normalized spacial score (nSPS) is 10.4. The molecule has 1 heterocycles. The lowest BCUT2D eigenvalue weighted by molar-refractivity contribution is -0.113. The largest absolute Gasteiger partial charge is 0.325 e. The fourth-order valence-electron chi connectivity index (χ4n) is 1.72. The van der Waals surface area contributed by atoms with Crippen molar-refractivity contribution in [1.82, 2.24) is 0 Å². The third kappa shape index (κ3) is 4.73. The van der Waals surface area contributed by atoms with Crippen LogP contribution in [0.5, 0.6) is 0 Å². The van der Waals surface area contributed by atoms with Crippen molar-refractivity contribution in [1.29, 1.82) is 0 Å². The molecule has 0 spiro atoms. The summed E-state index contributed by atoms with van der Waals surface area (Å²) >= 11 is 3.23. The molecule has 0 bridgehead atoms. The fraction of sp³-hybridized carbons (Fsp3) is 0.267. The van der Waals surface area contributed by atoms with Crippen LogP contribution in [0.2, 0.25) is 0 Å². The Balaban J connectivity index is 1.81. The molecule has 0 unspecified atom stereocenters. The number of benzene rings is 1. The van der Waals surface area contributed by atoms with E-state index in [1.54, 1.807) is 23.1 Å². The van der Waals surface area contributed by atoms with Gasteiger partial charge in [-0.2, -0.15) is 0 Å². The fourth-order valence-corrected chi connectivity index (χ4v) is 3.31. The quantitative estimate of drug-likeness (QED) is 0.798. The summed E-state index contributed by atoms with van der Waals surface area (Å²) in [5.74, 6) is 0.499. The number of carbonyl (C=O) groups is 1.